The zero-order valence-electron chi connectivity index (χ0n) is 13.8. The second-order valence-electron chi connectivity index (χ2n) is 5.87. The van der Waals surface area contributed by atoms with Crippen LogP contribution < -0.4 is 5.32 Å². The van der Waals surface area contributed by atoms with Crippen LogP contribution in [0.1, 0.15) is 12.7 Å². The molecular formula is C15H20N5O4+. The fourth-order valence-corrected chi connectivity index (χ4v) is 2.80. The van der Waals surface area contributed by atoms with Crippen LogP contribution in [0.2, 0.25) is 0 Å². The third-order valence-corrected chi connectivity index (χ3v) is 3.99. The molecule has 0 aromatic carbocycles. The Hall–Kier alpha value is -2.68. The van der Waals surface area contributed by atoms with E-state index in [1.54, 1.807) is 30.9 Å². The van der Waals surface area contributed by atoms with Crippen LogP contribution in [-0.4, -0.2) is 76.0 Å². The molecule has 2 aliphatic rings. The van der Waals surface area contributed by atoms with Crippen molar-refractivity contribution in [3.63, 3.8) is 0 Å². The number of likely N-dealkylation sites (N-methyl/N-ethyl adjacent to an activating group) is 2. The number of nitrogens with zero attached hydrogens (tertiary/aromatic N) is 4. The SMILES string of the molecule is CC(O)C[N+]1=C(NCc2ccco2)N=C2C1C(=O)N(C)C(=O)N2C. The molecule has 2 unspecified atom stereocenters. The number of imide groups is 1. The third-order valence-electron chi connectivity index (χ3n) is 3.99. The molecule has 128 valence electrons. The Morgan fingerprint density at radius 3 is 2.79 bits per heavy atom. The minimum absolute atomic E-state index is 0.208. The molecule has 0 aliphatic carbocycles. The average Bonchev–Trinajstić information content (AvgIpc) is 3.16. The van der Waals surface area contributed by atoms with Gasteiger partial charge in [-0.15, -0.1) is 0 Å². The Balaban J connectivity index is 1.92. The Kier molecular flexibility index (Phi) is 4.10. The summed E-state index contributed by atoms with van der Waals surface area (Å²) in [5, 5.41) is 12.9. The molecule has 24 heavy (non-hydrogen) atoms. The number of furan rings is 1. The van der Waals surface area contributed by atoms with E-state index in [1.165, 1.54) is 11.9 Å². The number of amides is 3. The van der Waals surface area contributed by atoms with Gasteiger partial charge in [-0.2, -0.15) is 0 Å². The van der Waals surface area contributed by atoms with E-state index >= 15 is 0 Å². The number of β-amino-alcohol motifs (C(OH)–C–C–N with tert-alkyl or cyclic N) is 1. The standard InChI is InChI=1S/C15H19N5O4/c1-9(21)8-20-11-12(18(2)15(23)19(3)13(11)22)17-14(20)16-7-10-5-4-6-24-10/h4-6,9,11,21H,7-8H2,1-3H3/p+1. The van der Waals surface area contributed by atoms with Gasteiger partial charge in [0.2, 0.25) is 11.9 Å². The van der Waals surface area contributed by atoms with E-state index < -0.39 is 18.2 Å². The highest BCUT2D eigenvalue weighted by Gasteiger charge is 2.51. The number of aliphatic imine (C=N–C) groups is 1. The largest absolute Gasteiger partial charge is 0.466 e. The fraction of sp³-hybridized carbons (Fsp3) is 0.467. The van der Waals surface area contributed by atoms with E-state index in [0.717, 1.165) is 4.90 Å². The molecule has 3 amide bonds. The number of nitrogens with one attached hydrogen (secondary N) is 1. The van der Waals surface area contributed by atoms with Crippen LogP contribution >= 0.6 is 0 Å². The Morgan fingerprint density at radius 2 is 2.17 bits per heavy atom. The van der Waals surface area contributed by atoms with Crippen LogP contribution in [0.5, 0.6) is 0 Å². The van der Waals surface area contributed by atoms with Crippen molar-refractivity contribution in [3.05, 3.63) is 24.2 Å². The summed E-state index contributed by atoms with van der Waals surface area (Å²) in [6.07, 6.45) is 0.904. The molecule has 1 fully saturated rings. The number of amidine groups is 1. The first-order valence-electron chi connectivity index (χ1n) is 7.62. The molecule has 1 saturated heterocycles. The van der Waals surface area contributed by atoms with Gasteiger partial charge in [-0.05, 0) is 19.1 Å². The number of hydrogen-bond acceptors (Lipinski definition) is 6. The number of aliphatic hydroxyl groups excluding tert-OH is 1. The van der Waals surface area contributed by atoms with Gasteiger partial charge in [0.05, 0.1) is 18.9 Å². The molecule has 3 heterocycles. The van der Waals surface area contributed by atoms with Crippen molar-refractivity contribution in [1.82, 2.24) is 15.1 Å². The normalized spacial score (nSPS) is 22.0. The van der Waals surface area contributed by atoms with Crippen LogP contribution in [-0.2, 0) is 11.3 Å². The van der Waals surface area contributed by atoms with Crippen molar-refractivity contribution < 1.29 is 23.7 Å². The molecule has 3 rings (SSSR count). The molecule has 9 nitrogen and oxygen atoms in total. The highest BCUT2D eigenvalue weighted by atomic mass is 16.3. The summed E-state index contributed by atoms with van der Waals surface area (Å²) in [6, 6.07) is 2.43. The first-order chi connectivity index (χ1) is 11.4. The summed E-state index contributed by atoms with van der Waals surface area (Å²) >= 11 is 0. The molecule has 9 heteroatoms. The Morgan fingerprint density at radius 1 is 1.42 bits per heavy atom. The second-order valence-corrected chi connectivity index (χ2v) is 5.87. The zero-order valence-corrected chi connectivity index (χ0v) is 13.8. The van der Waals surface area contributed by atoms with Crippen molar-refractivity contribution in [2.75, 3.05) is 20.6 Å². The number of carbonyl (C=O) groups is 2. The molecule has 2 N–H and O–H groups in total. The van der Waals surface area contributed by atoms with Crippen LogP contribution in [0.4, 0.5) is 4.79 Å². The number of hydrogen-bond donors (Lipinski definition) is 2. The van der Waals surface area contributed by atoms with Crippen molar-refractivity contribution in [2.45, 2.75) is 25.6 Å². The maximum Gasteiger partial charge on any atom is 0.390 e. The maximum absolute atomic E-state index is 12.5. The van der Waals surface area contributed by atoms with E-state index in [1.807, 2.05) is 6.07 Å². The summed E-state index contributed by atoms with van der Waals surface area (Å²) in [5.41, 5.74) is 0. The lowest BCUT2D eigenvalue weighted by atomic mass is 10.1. The smallest absolute Gasteiger partial charge is 0.390 e. The van der Waals surface area contributed by atoms with E-state index in [4.69, 9.17) is 4.42 Å². The molecule has 1 aromatic heterocycles. The predicted octanol–water partition coefficient (Wildman–Crippen LogP) is -0.577. The summed E-state index contributed by atoms with van der Waals surface area (Å²) < 4.78 is 6.94. The summed E-state index contributed by atoms with van der Waals surface area (Å²) in [7, 11) is 3.01. The lowest BCUT2D eigenvalue weighted by Crippen LogP contribution is -2.62. The van der Waals surface area contributed by atoms with Crippen LogP contribution in [0.25, 0.3) is 0 Å². The molecular weight excluding hydrogens is 314 g/mol. The van der Waals surface area contributed by atoms with Gasteiger partial charge in [-0.1, -0.05) is 4.99 Å². The summed E-state index contributed by atoms with van der Waals surface area (Å²) in [4.78, 5) is 31.5. The molecule has 0 bridgehead atoms. The second kappa shape index (κ2) is 6.08. The number of urea groups is 1. The van der Waals surface area contributed by atoms with Crippen LogP contribution in [0.15, 0.2) is 27.8 Å². The predicted molar refractivity (Wildman–Crippen MR) is 84.5 cm³/mol. The number of guanidine groups is 1. The summed E-state index contributed by atoms with van der Waals surface area (Å²) in [5.74, 6) is 1.12. The third kappa shape index (κ3) is 2.67. The monoisotopic (exact) mass is 334 g/mol. The zero-order chi connectivity index (χ0) is 17.4. The lowest BCUT2D eigenvalue weighted by molar-refractivity contribution is -0.544. The van der Waals surface area contributed by atoms with Gasteiger partial charge in [-0.3, -0.25) is 19.9 Å². The quantitative estimate of drug-likeness (QED) is 0.718. The van der Waals surface area contributed by atoms with Gasteiger partial charge in [0, 0.05) is 14.1 Å². The van der Waals surface area contributed by atoms with Gasteiger partial charge in [0.25, 0.3) is 5.91 Å². The van der Waals surface area contributed by atoms with Crippen molar-refractivity contribution in [2.24, 2.45) is 4.99 Å². The molecule has 2 aliphatic heterocycles. The number of aliphatic hydroxyl groups is 1. The topological polar surface area (TPSA) is 101 Å². The van der Waals surface area contributed by atoms with Gasteiger partial charge in [-0.25, -0.2) is 9.37 Å². The Bertz CT molecular complexity index is 722. The van der Waals surface area contributed by atoms with E-state index in [2.05, 4.69) is 10.3 Å². The molecule has 0 saturated carbocycles. The number of fused-ring (bicyclic) bond motifs is 1. The highest BCUT2D eigenvalue weighted by molar-refractivity contribution is 6.22. The molecule has 0 radical (unpaired) electrons. The molecule has 0 spiro atoms. The van der Waals surface area contributed by atoms with E-state index in [-0.39, 0.29) is 12.5 Å². The minimum atomic E-state index is -0.730. The van der Waals surface area contributed by atoms with Gasteiger partial charge >= 0.3 is 12.0 Å². The van der Waals surface area contributed by atoms with E-state index in [0.29, 0.717) is 24.1 Å². The minimum Gasteiger partial charge on any atom is -0.466 e. The lowest BCUT2D eigenvalue weighted by Gasteiger charge is -2.32. The van der Waals surface area contributed by atoms with Crippen molar-refractivity contribution >= 4 is 23.7 Å². The van der Waals surface area contributed by atoms with Crippen molar-refractivity contribution in [1.29, 1.82) is 0 Å². The number of carbonyl (C=O) groups excluding carboxylic acids is 2. The molecule has 1 aromatic rings. The average molecular weight is 334 g/mol. The molecule has 2 atom stereocenters. The Labute approximate surface area is 138 Å². The van der Waals surface area contributed by atoms with Gasteiger partial charge < -0.3 is 9.52 Å². The maximum atomic E-state index is 12.5. The first-order valence-corrected chi connectivity index (χ1v) is 7.62. The van der Waals surface area contributed by atoms with Crippen LogP contribution in [0.3, 0.4) is 0 Å². The van der Waals surface area contributed by atoms with Gasteiger partial charge in [0.15, 0.2) is 0 Å². The van der Waals surface area contributed by atoms with Crippen molar-refractivity contribution in [3.8, 4) is 0 Å². The highest BCUT2D eigenvalue weighted by Crippen LogP contribution is 2.18. The first kappa shape index (κ1) is 16.2. The van der Waals surface area contributed by atoms with E-state index in [9.17, 15) is 14.7 Å². The van der Waals surface area contributed by atoms with Crippen LogP contribution in [0, 0.1) is 0 Å². The summed E-state index contributed by atoms with van der Waals surface area (Å²) in [6.45, 7) is 2.22. The number of rotatable bonds is 4. The fourth-order valence-electron chi connectivity index (χ4n) is 2.80. The van der Waals surface area contributed by atoms with Gasteiger partial charge in [0.1, 0.15) is 12.3 Å².